The number of anilines is 1. The van der Waals surface area contributed by atoms with Crippen molar-refractivity contribution in [1.29, 1.82) is 0 Å². The van der Waals surface area contributed by atoms with Crippen molar-refractivity contribution in [2.24, 2.45) is 0 Å². The lowest BCUT2D eigenvalue weighted by Gasteiger charge is -2.00. The van der Waals surface area contributed by atoms with Crippen LogP contribution >= 0.6 is 0 Å². The molecule has 0 spiro atoms. The third-order valence-electron chi connectivity index (χ3n) is 2.81. The molecule has 2 heterocycles. The molecule has 96 valence electrons. The van der Waals surface area contributed by atoms with E-state index in [9.17, 15) is 4.39 Å². The molecule has 0 fully saturated rings. The van der Waals surface area contributed by atoms with Crippen molar-refractivity contribution >= 4 is 5.69 Å². The van der Waals surface area contributed by atoms with E-state index in [0.717, 1.165) is 5.56 Å². The molecule has 0 aliphatic heterocycles. The number of aromatic nitrogens is 2. The van der Waals surface area contributed by atoms with Gasteiger partial charge in [0, 0.05) is 0 Å². The quantitative estimate of drug-likeness (QED) is 0.715. The molecule has 0 aliphatic carbocycles. The maximum Gasteiger partial charge on any atom is 0.260 e. The van der Waals surface area contributed by atoms with Crippen molar-refractivity contribution < 1.29 is 13.3 Å². The van der Waals surface area contributed by atoms with Gasteiger partial charge in [-0.15, -0.1) is 0 Å². The standard InChI is InChI=1S/C13H10FN3O2/c1-7-8(5-6-18-7)12-16-13(19-17-12)9-3-2-4-10(14)11(9)15/h2-6H,15H2,1H3. The average molecular weight is 259 g/mol. The molecule has 2 aromatic heterocycles. The fourth-order valence-corrected chi connectivity index (χ4v) is 1.78. The Balaban J connectivity index is 2.07. The lowest BCUT2D eigenvalue weighted by Crippen LogP contribution is -1.94. The molecule has 0 amide bonds. The number of rotatable bonds is 2. The number of nitrogen functional groups attached to an aromatic ring is 1. The summed E-state index contributed by atoms with van der Waals surface area (Å²) in [6.45, 7) is 1.79. The Kier molecular flexibility index (Phi) is 2.56. The molecule has 19 heavy (non-hydrogen) atoms. The summed E-state index contributed by atoms with van der Waals surface area (Å²) in [6, 6.07) is 6.17. The molecule has 0 radical (unpaired) electrons. The molecule has 3 rings (SSSR count). The molecule has 5 nitrogen and oxygen atoms in total. The van der Waals surface area contributed by atoms with Crippen LogP contribution in [0.2, 0.25) is 0 Å². The lowest BCUT2D eigenvalue weighted by atomic mass is 10.1. The second kappa shape index (κ2) is 4.24. The van der Waals surface area contributed by atoms with Gasteiger partial charge < -0.3 is 14.7 Å². The maximum atomic E-state index is 13.4. The first kappa shape index (κ1) is 11.5. The van der Waals surface area contributed by atoms with Gasteiger partial charge in [-0.05, 0) is 25.1 Å². The third kappa shape index (κ3) is 1.87. The van der Waals surface area contributed by atoms with Gasteiger partial charge in [0.1, 0.15) is 11.6 Å². The highest BCUT2D eigenvalue weighted by Gasteiger charge is 2.16. The Labute approximate surface area is 107 Å². The molecular formula is C13H10FN3O2. The third-order valence-corrected chi connectivity index (χ3v) is 2.81. The monoisotopic (exact) mass is 259 g/mol. The van der Waals surface area contributed by atoms with E-state index in [4.69, 9.17) is 14.7 Å². The van der Waals surface area contributed by atoms with Gasteiger partial charge >= 0.3 is 0 Å². The molecule has 0 saturated heterocycles. The number of hydrogen-bond acceptors (Lipinski definition) is 5. The van der Waals surface area contributed by atoms with Crippen molar-refractivity contribution in [3.8, 4) is 22.8 Å². The lowest BCUT2D eigenvalue weighted by molar-refractivity contribution is 0.432. The fraction of sp³-hybridized carbons (Fsp3) is 0.0769. The van der Waals surface area contributed by atoms with Crippen LogP contribution in [-0.4, -0.2) is 10.1 Å². The Morgan fingerprint density at radius 1 is 1.21 bits per heavy atom. The van der Waals surface area contributed by atoms with Crippen LogP contribution in [0.4, 0.5) is 10.1 Å². The van der Waals surface area contributed by atoms with Crippen LogP contribution in [0.3, 0.4) is 0 Å². The normalized spacial score (nSPS) is 10.8. The largest absolute Gasteiger partial charge is 0.469 e. The van der Waals surface area contributed by atoms with Gasteiger partial charge in [0.05, 0.1) is 23.1 Å². The number of furan rings is 1. The second-order valence-electron chi connectivity index (χ2n) is 4.01. The smallest absolute Gasteiger partial charge is 0.260 e. The minimum Gasteiger partial charge on any atom is -0.469 e. The minimum absolute atomic E-state index is 0.0124. The van der Waals surface area contributed by atoms with Crippen molar-refractivity contribution in [1.82, 2.24) is 10.1 Å². The Bertz CT molecular complexity index is 733. The second-order valence-corrected chi connectivity index (χ2v) is 4.01. The van der Waals surface area contributed by atoms with E-state index in [0.29, 0.717) is 17.1 Å². The van der Waals surface area contributed by atoms with Crippen LogP contribution in [-0.2, 0) is 0 Å². The first-order valence-electron chi connectivity index (χ1n) is 5.59. The summed E-state index contributed by atoms with van der Waals surface area (Å²) < 4.78 is 23.7. The van der Waals surface area contributed by atoms with Crippen LogP contribution < -0.4 is 5.73 Å². The Morgan fingerprint density at radius 2 is 2.05 bits per heavy atom. The zero-order valence-corrected chi connectivity index (χ0v) is 10.1. The highest BCUT2D eigenvalue weighted by Crippen LogP contribution is 2.29. The number of halogens is 1. The van der Waals surface area contributed by atoms with E-state index in [1.165, 1.54) is 18.4 Å². The van der Waals surface area contributed by atoms with E-state index in [1.54, 1.807) is 19.1 Å². The molecule has 2 N–H and O–H groups in total. The molecule has 6 heteroatoms. The van der Waals surface area contributed by atoms with Crippen molar-refractivity contribution in [3.63, 3.8) is 0 Å². The molecule has 3 aromatic rings. The first-order chi connectivity index (χ1) is 9.16. The summed E-state index contributed by atoms with van der Waals surface area (Å²) in [6.07, 6.45) is 1.54. The van der Waals surface area contributed by atoms with Crippen LogP contribution in [0.15, 0.2) is 39.5 Å². The number of benzene rings is 1. The molecule has 0 unspecified atom stereocenters. The van der Waals surface area contributed by atoms with E-state index >= 15 is 0 Å². The van der Waals surface area contributed by atoms with Gasteiger partial charge in [-0.1, -0.05) is 11.2 Å². The summed E-state index contributed by atoms with van der Waals surface area (Å²) in [5, 5.41) is 3.84. The number of hydrogen-bond donors (Lipinski definition) is 1. The number of aryl methyl sites for hydroxylation is 1. The fourth-order valence-electron chi connectivity index (χ4n) is 1.78. The molecule has 0 saturated carbocycles. The number of nitrogens with two attached hydrogens (primary N) is 1. The zero-order valence-electron chi connectivity index (χ0n) is 10.1. The first-order valence-corrected chi connectivity index (χ1v) is 5.59. The summed E-state index contributed by atoms with van der Waals surface area (Å²) >= 11 is 0. The van der Waals surface area contributed by atoms with Gasteiger partial charge in [-0.3, -0.25) is 0 Å². The topological polar surface area (TPSA) is 78.1 Å². The molecule has 0 bridgehead atoms. The van der Waals surface area contributed by atoms with Crippen molar-refractivity contribution in [2.45, 2.75) is 6.92 Å². The molecule has 0 aliphatic rings. The maximum absolute atomic E-state index is 13.4. The van der Waals surface area contributed by atoms with E-state index in [1.807, 2.05) is 0 Å². The van der Waals surface area contributed by atoms with E-state index < -0.39 is 5.82 Å². The predicted molar refractivity (Wildman–Crippen MR) is 66.5 cm³/mol. The summed E-state index contributed by atoms with van der Waals surface area (Å²) in [5.74, 6) is 0.716. The van der Waals surface area contributed by atoms with Gasteiger partial charge in [-0.25, -0.2) is 4.39 Å². The average Bonchev–Trinajstić information content (AvgIpc) is 3.01. The molecule has 1 aromatic carbocycles. The minimum atomic E-state index is -0.517. The van der Waals surface area contributed by atoms with Crippen LogP contribution in [0, 0.1) is 12.7 Å². The Morgan fingerprint density at radius 3 is 2.79 bits per heavy atom. The highest BCUT2D eigenvalue weighted by molar-refractivity contribution is 5.72. The van der Waals surface area contributed by atoms with Gasteiger partial charge in [0.15, 0.2) is 0 Å². The molecule has 0 atom stereocenters. The van der Waals surface area contributed by atoms with Crippen LogP contribution in [0.25, 0.3) is 22.8 Å². The van der Waals surface area contributed by atoms with Crippen LogP contribution in [0.5, 0.6) is 0 Å². The number of para-hydroxylation sites is 1. The highest BCUT2D eigenvalue weighted by atomic mass is 19.1. The van der Waals surface area contributed by atoms with Crippen LogP contribution in [0.1, 0.15) is 5.76 Å². The van der Waals surface area contributed by atoms with E-state index in [-0.39, 0.29) is 11.6 Å². The van der Waals surface area contributed by atoms with Crippen molar-refractivity contribution in [2.75, 3.05) is 5.73 Å². The zero-order chi connectivity index (χ0) is 13.4. The SMILES string of the molecule is Cc1occc1-c1noc(-c2cccc(F)c2N)n1. The summed E-state index contributed by atoms with van der Waals surface area (Å²) in [4.78, 5) is 4.20. The van der Waals surface area contributed by atoms with Gasteiger partial charge in [0.25, 0.3) is 5.89 Å². The van der Waals surface area contributed by atoms with Gasteiger partial charge in [0.2, 0.25) is 5.82 Å². The summed E-state index contributed by atoms with van der Waals surface area (Å²) in [7, 11) is 0. The van der Waals surface area contributed by atoms with E-state index in [2.05, 4.69) is 10.1 Å². The molecular weight excluding hydrogens is 249 g/mol. The van der Waals surface area contributed by atoms with Gasteiger partial charge in [-0.2, -0.15) is 4.98 Å². The predicted octanol–water partition coefficient (Wildman–Crippen LogP) is 3.03. The summed E-state index contributed by atoms with van der Waals surface area (Å²) in [5.41, 5.74) is 6.74. The Hall–Kier alpha value is -2.63. The number of nitrogens with zero attached hydrogens (tertiary/aromatic N) is 2. The van der Waals surface area contributed by atoms with Crippen molar-refractivity contribution in [3.05, 3.63) is 42.1 Å².